The molecule has 2 N–H and O–H groups in total. The van der Waals surface area contributed by atoms with E-state index in [1.54, 1.807) is 5.32 Å². The van der Waals surface area contributed by atoms with Gasteiger partial charge in [-0.05, 0) is 6.92 Å². The third-order valence-electron chi connectivity index (χ3n) is 3.46. The van der Waals surface area contributed by atoms with E-state index in [1.807, 2.05) is 5.32 Å². The molecule has 0 saturated carbocycles. The summed E-state index contributed by atoms with van der Waals surface area (Å²) in [6, 6.07) is -1.73. The van der Waals surface area contributed by atoms with Crippen molar-refractivity contribution < 1.29 is 35.9 Å². The van der Waals surface area contributed by atoms with Gasteiger partial charge in [-0.15, -0.1) is 0 Å². The number of hydrogen-bond acceptors (Lipinski definition) is 5. The van der Waals surface area contributed by atoms with Gasteiger partial charge in [0.05, 0.1) is 11.1 Å². The quantitative estimate of drug-likeness (QED) is 0.557. The summed E-state index contributed by atoms with van der Waals surface area (Å²) < 4.78 is 80.4. The van der Waals surface area contributed by atoms with E-state index in [-0.39, 0.29) is 12.1 Å². The molecule has 0 fully saturated rings. The second-order valence-corrected chi connectivity index (χ2v) is 6.08. The van der Waals surface area contributed by atoms with Crippen molar-refractivity contribution >= 4 is 29.2 Å². The van der Waals surface area contributed by atoms with Crippen LogP contribution in [0, 0.1) is 17.5 Å². The van der Waals surface area contributed by atoms with Crippen LogP contribution in [0.15, 0.2) is 12.1 Å². The van der Waals surface area contributed by atoms with Crippen LogP contribution in [0.4, 0.5) is 32.2 Å². The summed E-state index contributed by atoms with van der Waals surface area (Å²) in [5, 5.41) is 2.82. The molecule has 0 spiro atoms. The van der Waals surface area contributed by atoms with E-state index in [9.17, 15) is 35.9 Å². The zero-order valence-electron chi connectivity index (χ0n) is 14.6. The van der Waals surface area contributed by atoms with E-state index < -0.39 is 69.4 Å². The first-order chi connectivity index (χ1) is 13.3. The highest BCUT2D eigenvalue weighted by atomic mass is 35.5. The van der Waals surface area contributed by atoms with Gasteiger partial charge in [-0.25, -0.2) is 23.1 Å². The van der Waals surface area contributed by atoms with Gasteiger partial charge in [-0.1, -0.05) is 11.6 Å². The highest BCUT2D eigenvalue weighted by Crippen LogP contribution is 2.38. The maximum atomic E-state index is 14.2. The van der Waals surface area contributed by atoms with Gasteiger partial charge in [-0.3, -0.25) is 14.9 Å². The predicted octanol–water partition coefficient (Wildman–Crippen LogP) is 3.85. The highest BCUT2D eigenvalue weighted by Gasteiger charge is 2.37. The molecular formula is C16H11ClF6N4O2. The maximum absolute atomic E-state index is 14.2. The first kappa shape index (κ1) is 22.4. The molecule has 1 aromatic heterocycles. The van der Waals surface area contributed by atoms with E-state index in [0.29, 0.717) is 6.92 Å². The molecule has 0 radical (unpaired) electrons. The van der Waals surface area contributed by atoms with E-state index >= 15 is 0 Å². The minimum Gasteiger partial charge on any atom is -0.358 e. The molecule has 0 aliphatic heterocycles. The van der Waals surface area contributed by atoms with Gasteiger partial charge in [0.1, 0.15) is 34.5 Å². The first-order valence-electron chi connectivity index (χ1n) is 7.68. The van der Waals surface area contributed by atoms with Gasteiger partial charge in [0.15, 0.2) is 0 Å². The summed E-state index contributed by atoms with van der Waals surface area (Å²) in [6.07, 6.45) is -4.81. The van der Waals surface area contributed by atoms with Crippen molar-refractivity contribution in [2.75, 3.05) is 5.32 Å². The lowest BCUT2D eigenvalue weighted by molar-refractivity contribution is -0.138. The Bertz CT molecular complexity index is 960. The van der Waals surface area contributed by atoms with Gasteiger partial charge in [-0.2, -0.15) is 13.2 Å². The fourth-order valence-electron chi connectivity index (χ4n) is 2.14. The van der Waals surface area contributed by atoms with Crippen molar-refractivity contribution in [1.29, 1.82) is 0 Å². The average molecular weight is 441 g/mol. The Morgan fingerprint density at radius 1 is 1.07 bits per heavy atom. The monoisotopic (exact) mass is 440 g/mol. The highest BCUT2D eigenvalue weighted by molar-refractivity contribution is 6.33. The van der Waals surface area contributed by atoms with Crippen molar-refractivity contribution in [1.82, 2.24) is 15.3 Å². The van der Waals surface area contributed by atoms with Crippen molar-refractivity contribution in [3.8, 4) is 11.1 Å². The fraction of sp³-hybridized carbons (Fsp3) is 0.250. The van der Waals surface area contributed by atoms with E-state index in [4.69, 9.17) is 11.6 Å². The van der Waals surface area contributed by atoms with Crippen LogP contribution in [0.3, 0.4) is 0 Å². The standard InChI is InChI=1S/C16H11ClF6N4O2/c1-5(16(21,22)23)24-13-11(10-8(19)3-7(18)4-9(10)20)12(17)26-14(27-13)15(29)25-6(2)28/h3-5H,1-2H3,(H,24,26,27)(H,25,28,29)/t5-/m0/s1. The lowest BCUT2D eigenvalue weighted by Gasteiger charge is -2.21. The molecule has 1 heterocycles. The van der Waals surface area contributed by atoms with Crippen molar-refractivity contribution in [3.63, 3.8) is 0 Å². The summed E-state index contributed by atoms with van der Waals surface area (Å²) in [4.78, 5) is 29.9. The number of benzene rings is 1. The number of carbonyl (C=O) groups excluding carboxylic acids is 2. The minimum absolute atomic E-state index is 0.280. The molecule has 6 nitrogen and oxygen atoms in total. The van der Waals surface area contributed by atoms with E-state index in [2.05, 4.69) is 9.97 Å². The number of carbonyl (C=O) groups is 2. The largest absolute Gasteiger partial charge is 0.408 e. The number of rotatable bonds is 4. The summed E-state index contributed by atoms with van der Waals surface area (Å²) >= 11 is 5.87. The van der Waals surface area contributed by atoms with Gasteiger partial charge in [0.25, 0.3) is 5.91 Å². The Labute approximate surface area is 164 Å². The lowest BCUT2D eigenvalue weighted by atomic mass is 10.1. The molecule has 0 bridgehead atoms. The maximum Gasteiger partial charge on any atom is 0.408 e. The summed E-state index contributed by atoms with van der Waals surface area (Å²) in [6.45, 7) is 1.65. The van der Waals surface area contributed by atoms with Crippen LogP contribution in [0.5, 0.6) is 0 Å². The topological polar surface area (TPSA) is 84.0 Å². The van der Waals surface area contributed by atoms with Crippen molar-refractivity contribution in [3.05, 3.63) is 40.6 Å². The second-order valence-electron chi connectivity index (χ2n) is 5.72. The Morgan fingerprint density at radius 3 is 2.10 bits per heavy atom. The molecule has 1 atom stereocenters. The van der Waals surface area contributed by atoms with Crippen LogP contribution in [-0.2, 0) is 4.79 Å². The van der Waals surface area contributed by atoms with E-state index in [0.717, 1.165) is 6.92 Å². The summed E-state index contributed by atoms with van der Waals surface area (Å²) in [7, 11) is 0. The summed E-state index contributed by atoms with van der Waals surface area (Å²) in [5.41, 5.74) is -1.77. The molecule has 0 unspecified atom stereocenters. The Kier molecular flexibility index (Phi) is 6.36. The molecule has 2 amide bonds. The minimum atomic E-state index is -4.81. The fourth-order valence-corrected chi connectivity index (χ4v) is 2.41. The smallest absolute Gasteiger partial charge is 0.358 e. The predicted molar refractivity (Wildman–Crippen MR) is 89.6 cm³/mol. The number of nitrogens with one attached hydrogen (secondary N) is 2. The number of alkyl halides is 3. The first-order valence-corrected chi connectivity index (χ1v) is 8.06. The van der Waals surface area contributed by atoms with Gasteiger partial charge in [0.2, 0.25) is 11.7 Å². The van der Waals surface area contributed by atoms with Crippen molar-refractivity contribution in [2.24, 2.45) is 0 Å². The molecule has 0 aliphatic carbocycles. The van der Waals surface area contributed by atoms with Crippen LogP contribution in [-0.4, -0.2) is 34.0 Å². The SMILES string of the molecule is CC(=O)NC(=O)c1nc(Cl)c(-c2c(F)cc(F)cc2F)c(N[C@@H](C)C(F)(F)F)n1. The Balaban J connectivity index is 2.72. The van der Waals surface area contributed by atoms with Crippen LogP contribution >= 0.6 is 11.6 Å². The molecular weight excluding hydrogens is 430 g/mol. The summed E-state index contributed by atoms with van der Waals surface area (Å²) in [5.74, 6) is -7.99. The molecule has 0 aliphatic rings. The third kappa shape index (κ3) is 5.13. The molecule has 29 heavy (non-hydrogen) atoms. The average Bonchev–Trinajstić information content (AvgIpc) is 2.54. The zero-order chi connectivity index (χ0) is 22.1. The van der Waals surface area contributed by atoms with Crippen LogP contribution in [0.1, 0.15) is 24.5 Å². The Morgan fingerprint density at radius 2 is 1.62 bits per heavy atom. The molecule has 2 rings (SSSR count). The zero-order valence-corrected chi connectivity index (χ0v) is 15.3. The number of imide groups is 1. The Hall–Kier alpha value is -2.89. The van der Waals surface area contributed by atoms with Gasteiger partial charge >= 0.3 is 6.18 Å². The number of nitrogens with zero attached hydrogens (tertiary/aromatic N) is 2. The number of amides is 2. The molecule has 2 aromatic rings. The number of hydrogen-bond donors (Lipinski definition) is 2. The van der Waals surface area contributed by atoms with E-state index in [1.165, 1.54) is 0 Å². The van der Waals surface area contributed by atoms with Crippen LogP contribution in [0.2, 0.25) is 5.15 Å². The van der Waals surface area contributed by atoms with Crippen LogP contribution < -0.4 is 10.6 Å². The number of anilines is 1. The van der Waals surface area contributed by atoms with Crippen LogP contribution in [0.25, 0.3) is 11.1 Å². The second kappa shape index (κ2) is 8.23. The van der Waals surface area contributed by atoms with Gasteiger partial charge in [0, 0.05) is 19.1 Å². The molecule has 156 valence electrons. The normalized spacial score (nSPS) is 12.4. The lowest BCUT2D eigenvalue weighted by Crippen LogP contribution is -2.34. The number of halogens is 7. The molecule has 13 heteroatoms. The third-order valence-corrected chi connectivity index (χ3v) is 3.73. The molecule has 0 saturated heterocycles. The van der Waals surface area contributed by atoms with Crippen molar-refractivity contribution in [2.45, 2.75) is 26.1 Å². The van der Waals surface area contributed by atoms with Gasteiger partial charge < -0.3 is 5.32 Å². The molecule has 1 aromatic carbocycles. The number of aromatic nitrogens is 2.